The zero-order chi connectivity index (χ0) is 35.8. The van der Waals surface area contributed by atoms with Gasteiger partial charge in [-0.25, -0.2) is 0 Å². The highest BCUT2D eigenvalue weighted by Crippen LogP contribution is 2.38. The molecular formula is C38H74NO8P. The maximum atomic E-state index is 12.6. The first-order chi connectivity index (χ1) is 23.0. The van der Waals surface area contributed by atoms with Gasteiger partial charge in [-0.2, -0.15) is 0 Å². The van der Waals surface area contributed by atoms with Gasteiger partial charge in [0.25, 0.3) is 7.82 Å². The Labute approximate surface area is 295 Å². The van der Waals surface area contributed by atoms with Crippen molar-refractivity contribution in [3.8, 4) is 0 Å². The second-order valence-electron chi connectivity index (χ2n) is 14.3. The summed E-state index contributed by atoms with van der Waals surface area (Å²) in [4.78, 5) is 37.3. The standard InChI is InChI=1S/C38H74NO8P/c1-6-8-10-12-14-16-18-19-20-21-23-25-27-29-31-38(41)47-36(35-46-48(42,43)45-33-32-39(3,4)5)34-44-37(40)30-28-26-24-22-17-15-13-11-9-7-2/h18-19,36H,6-17,20-35H2,1-5H3/b19-18-/t36-/m1/s1. The van der Waals surface area contributed by atoms with E-state index in [4.69, 9.17) is 18.5 Å². The summed E-state index contributed by atoms with van der Waals surface area (Å²) < 4.78 is 33.7. The number of nitrogens with zero attached hydrogens (tertiary/aromatic N) is 1. The van der Waals surface area contributed by atoms with Crippen molar-refractivity contribution in [2.75, 3.05) is 47.5 Å². The third-order valence-corrected chi connectivity index (χ3v) is 9.25. The third-order valence-electron chi connectivity index (χ3n) is 8.29. The Bertz CT molecular complexity index is 845. The highest BCUT2D eigenvalue weighted by atomic mass is 31.2. The molecule has 0 spiro atoms. The molecule has 0 amide bonds. The average molecular weight is 704 g/mol. The number of hydrogen-bond donors (Lipinski definition) is 0. The van der Waals surface area contributed by atoms with Crippen LogP contribution in [0.15, 0.2) is 12.2 Å². The molecule has 0 rings (SSSR count). The lowest BCUT2D eigenvalue weighted by atomic mass is 10.1. The molecule has 0 radical (unpaired) electrons. The van der Waals surface area contributed by atoms with Crippen molar-refractivity contribution in [3.63, 3.8) is 0 Å². The molecule has 2 atom stereocenters. The number of hydrogen-bond acceptors (Lipinski definition) is 8. The van der Waals surface area contributed by atoms with Gasteiger partial charge in [0, 0.05) is 12.8 Å². The molecule has 284 valence electrons. The Morgan fingerprint density at radius 1 is 0.625 bits per heavy atom. The number of phosphoric acid groups is 1. The molecule has 0 aromatic rings. The molecule has 0 bridgehead atoms. The molecular weight excluding hydrogens is 629 g/mol. The number of rotatable bonds is 35. The Morgan fingerprint density at radius 3 is 1.54 bits per heavy atom. The predicted molar refractivity (Wildman–Crippen MR) is 195 cm³/mol. The zero-order valence-electron chi connectivity index (χ0n) is 31.7. The Hall–Kier alpha value is -1.25. The van der Waals surface area contributed by atoms with Crippen LogP contribution in [-0.2, 0) is 32.7 Å². The van der Waals surface area contributed by atoms with Crippen molar-refractivity contribution >= 4 is 19.8 Å². The number of carbonyl (C=O) groups is 2. The summed E-state index contributed by atoms with van der Waals surface area (Å²) in [5.41, 5.74) is 0. The van der Waals surface area contributed by atoms with Gasteiger partial charge in [0.05, 0.1) is 27.7 Å². The van der Waals surface area contributed by atoms with E-state index in [1.54, 1.807) is 0 Å². The predicted octanol–water partition coefficient (Wildman–Crippen LogP) is 9.61. The minimum atomic E-state index is -4.61. The van der Waals surface area contributed by atoms with E-state index in [9.17, 15) is 19.0 Å². The molecule has 0 saturated heterocycles. The van der Waals surface area contributed by atoms with Crippen LogP contribution in [-0.4, -0.2) is 70.0 Å². The van der Waals surface area contributed by atoms with Crippen molar-refractivity contribution in [2.45, 2.75) is 174 Å². The number of ether oxygens (including phenoxy) is 2. The number of carbonyl (C=O) groups excluding carboxylic acids is 2. The fraction of sp³-hybridized carbons (Fsp3) is 0.895. The Balaban J connectivity index is 4.44. The lowest BCUT2D eigenvalue weighted by Crippen LogP contribution is -2.37. The third kappa shape index (κ3) is 34.6. The van der Waals surface area contributed by atoms with Gasteiger partial charge in [-0.1, -0.05) is 129 Å². The highest BCUT2D eigenvalue weighted by Gasteiger charge is 2.21. The lowest BCUT2D eigenvalue weighted by Gasteiger charge is -2.28. The van der Waals surface area contributed by atoms with Gasteiger partial charge in [-0.3, -0.25) is 14.2 Å². The summed E-state index contributed by atoms with van der Waals surface area (Å²) in [5.74, 6) is -0.843. The molecule has 0 aliphatic heterocycles. The molecule has 9 nitrogen and oxygen atoms in total. The van der Waals surface area contributed by atoms with Gasteiger partial charge in [-0.05, 0) is 38.5 Å². The van der Waals surface area contributed by atoms with E-state index in [1.165, 1.54) is 83.5 Å². The van der Waals surface area contributed by atoms with Gasteiger partial charge in [-0.15, -0.1) is 0 Å². The first kappa shape index (κ1) is 46.8. The largest absolute Gasteiger partial charge is 0.756 e. The van der Waals surface area contributed by atoms with Crippen molar-refractivity contribution in [1.82, 2.24) is 0 Å². The monoisotopic (exact) mass is 704 g/mol. The fourth-order valence-corrected chi connectivity index (χ4v) is 5.91. The average Bonchev–Trinajstić information content (AvgIpc) is 3.02. The molecule has 0 aromatic carbocycles. The molecule has 0 aliphatic rings. The van der Waals surface area contributed by atoms with E-state index in [1.807, 2.05) is 21.1 Å². The van der Waals surface area contributed by atoms with Crippen LogP contribution in [0.1, 0.15) is 168 Å². The molecule has 0 aliphatic carbocycles. The van der Waals surface area contributed by atoms with Crippen LogP contribution in [0.3, 0.4) is 0 Å². The number of unbranched alkanes of at least 4 members (excludes halogenated alkanes) is 19. The Morgan fingerprint density at radius 2 is 1.06 bits per heavy atom. The summed E-state index contributed by atoms with van der Waals surface area (Å²) in [7, 11) is 1.16. The second kappa shape index (κ2) is 31.7. The van der Waals surface area contributed by atoms with Crippen LogP contribution < -0.4 is 4.89 Å². The normalized spacial score (nSPS) is 13.9. The topological polar surface area (TPSA) is 111 Å². The number of phosphoric ester groups is 1. The van der Waals surface area contributed by atoms with Gasteiger partial charge >= 0.3 is 11.9 Å². The van der Waals surface area contributed by atoms with E-state index in [0.717, 1.165) is 51.4 Å². The first-order valence-corrected chi connectivity index (χ1v) is 20.9. The summed E-state index contributed by atoms with van der Waals surface area (Å²) in [6, 6.07) is 0. The fourth-order valence-electron chi connectivity index (χ4n) is 5.18. The van der Waals surface area contributed by atoms with Crippen LogP contribution in [0.4, 0.5) is 0 Å². The van der Waals surface area contributed by atoms with Gasteiger partial charge in [0.2, 0.25) is 0 Å². The summed E-state index contributed by atoms with van der Waals surface area (Å²) in [6.07, 6.45) is 29.5. The molecule has 0 heterocycles. The molecule has 1 unspecified atom stereocenters. The van der Waals surface area contributed by atoms with Crippen molar-refractivity contribution in [3.05, 3.63) is 12.2 Å². The molecule has 0 N–H and O–H groups in total. The Kier molecular flexibility index (Phi) is 30.9. The van der Waals surface area contributed by atoms with Gasteiger partial charge in [0.15, 0.2) is 6.10 Å². The van der Waals surface area contributed by atoms with Gasteiger partial charge in [0.1, 0.15) is 19.8 Å². The van der Waals surface area contributed by atoms with Crippen LogP contribution in [0.25, 0.3) is 0 Å². The summed E-state index contributed by atoms with van der Waals surface area (Å²) in [5, 5.41) is 0. The van der Waals surface area contributed by atoms with Crippen molar-refractivity contribution < 1.29 is 42.1 Å². The molecule has 0 fully saturated rings. The smallest absolute Gasteiger partial charge is 0.306 e. The van der Waals surface area contributed by atoms with Gasteiger partial charge < -0.3 is 27.9 Å². The lowest BCUT2D eigenvalue weighted by molar-refractivity contribution is -0.870. The summed E-state index contributed by atoms with van der Waals surface area (Å²) in [6.45, 7) is 4.18. The number of likely N-dealkylation sites (N-methyl/N-ethyl adjacent to an activating group) is 1. The van der Waals surface area contributed by atoms with E-state index in [2.05, 4.69) is 26.0 Å². The van der Waals surface area contributed by atoms with E-state index < -0.39 is 26.5 Å². The molecule has 0 aromatic heterocycles. The second-order valence-corrected chi connectivity index (χ2v) is 15.7. The molecule has 10 heteroatoms. The minimum absolute atomic E-state index is 0.0298. The molecule has 0 saturated carbocycles. The highest BCUT2D eigenvalue weighted by molar-refractivity contribution is 7.45. The maximum Gasteiger partial charge on any atom is 0.306 e. The zero-order valence-corrected chi connectivity index (χ0v) is 32.6. The quantitative estimate of drug-likeness (QED) is 0.0211. The van der Waals surface area contributed by atoms with Crippen LogP contribution >= 0.6 is 7.82 Å². The van der Waals surface area contributed by atoms with Crippen LogP contribution in [0.5, 0.6) is 0 Å². The number of allylic oxidation sites excluding steroid dienone is 2. The van der Waals surface area contributed by atoms with Crippen molar-refractivity contribution in [2.24, 2.45) is 0 Å². The van der Waals surface area contributed by atoms with E-state index in [-0.39, 0.29) is 32.0 Å². The van der Waals surface area contributed by atoms with E-state index >= 15 is 0 Å². The van der Waals surface area contributed by atoms with Crippen LogP contribution in [0, 0.1) is 0 Å². The maximum absolute atomic E-state index is 12.6. The van der Waals surface area contributed by atoms with E-state index in [0.29, 0.717) is 17.4 Å². The number of quaternary nitrogens is 1. The van der Waals surface area contributed by atoms with Crippen LogP contribution in [0.2, 0.25) is 0 Å². The summed E-state index contributed by atoms with van der Waals surface area (Å²) >= 11 is 0. The SMILES string of the molecule is CCCCCCC/C=C\CCCCCCCC(=O)O[C@H](COC(=O)CCCCCCCCCCCC)COP(=O)([O-])OCC[N+](C)(C)C. The number of esters is 2. The molecule has 48 heavy (non-hydrogen) atoms. The van der Waals surface area contributed by atoms with Crippen molar-refractivity contribution in [1.29, 1.82) is 0 Å². The minimum Gasteiger partial charge on any atom is -0.756 e. The first-order valence-electron chi connectivity index (χ1n) is 19.4.